The monoisotopic (exact) mass is 476 g/mol. The number of hydrogen-bond donors (Lipinski definition) is 1. The van der Waals surface area contributed by atoms with Crippen molar-refractivity contribution in [2.45, 2.75) is 43.5 Å². The van der Waals surface area contributed by atoms with Gasteiger partial charge in [-0.2, -0.15) is 0 Å². The van der Waals surface area contributed by atoms with E-state index in [-0.39, 0.29) is 22.3 Å². The van der Waals surface area contributed by atoms with Crippen molar-refractivity contribution >= 4 is 45.6 Å². The Balaban J connectivity index is 0.00000300. The summed E-state index contributed by atoms with van der Waals surface area (Å²) in [6.45, 7) is 3.66. The molecular formula is C21H27Cl3N2O2S. The maximum absolute atomic E-state index is 12.3. The molecule has 0 aromatic heterocycles. The molecule has 2 aromatic carbocycles. The molecule has 3 rings (SSSR count). The summed E-state index contributed by atoms with van der Waals surface area (Å²) < 4.78 is 27.3. The van der Waals surface area contributed by atoms with Crippen molar-refractivity contribution in [3.05, 3.63) is 63.6 Å². The number of halogens is 3. The lowest BCUT2D eigenvalue weighted by Crippen LogP contribution is -2.31. The highest BCUT2D eigenvalue weighted by molar-refractivity contribution is 7.89. The molecule has 8 heteroatoms. The lowest BCUT2D eigenvalue weighted by Gasteiger charge is -2.28. The number of unbranched alkanes of at least 4 members (excludes halogenated alkanes) is 3. The summed E-state index contributed by atoms with van der Waals surface area (Å²) in [4.78, 5) is 2.54. The highest BCUT2D eigenvalue weighted by atomic mass is 35.5. The van der Waals surface area contributed by atoms with Gasteiger partial charge < -0.3 is 0 Å². The summed E-state index contributed by atoms with van der Waals surface area (Å²) in [5.74, 6) is 0. The second-order valence-corrected chi connectivity index (χ2v) is 9.76. The van der Waals surface area contributed by atoms with Crippen molar-refractivity contribution in [3.63, 3.8) is 0 Å². The van der Waals surface area contributed by atoms with E-state index >= 15 is 0 Å². The molecule has 0 radical (unpaired) electrons. The Morgan fingerprint density at radius 3 is 2.48 bits per heavy atom. The molecule has 0 atom stereocenters. The van der Waals surface area contributed by atoms with E-state index < -0.39 is 10.0 Å². The molecule has 160 valence electrons. The van der Waals surface area contributed by atoms with Gasteiger partial charge in [0.2, 0.25) is 10.0 Å². The van der Waals surface area contributed by atoms with Crippen molar-refractivity contribution in [3.8, 4) is 0 Å². The fourth-order valence-electron chi connectivity index (χ4n) is 3.53. The highest BCUT2D eigenvalue weighted by Gasteiger charge is 2.18. The Hall–Kier alpha value is -0.820. The van der Waals surface area contributed by atoms with E-state index in [1.165, 1.54) is 23.3 Å². The minimum absolute atomic E-state index is 0. The van der Waals surface area contributed by atoms with Crippen LogP contribution in [0, 0.1) is 0 Å². The van der Waals surface area contributed by atoms with Crippen molar-refractivity contribution in [2.75, 3.05) is 19.6 Å². The quantitative estimate of drug-likeness (QED) is 0.498. The highest BCUT2D eigenvalue weighted by Crippen LogP contribution is 2.24. The summed E-state index contributed by atoms with van der Waals surface area (Å²) in [5, 5.41) is 0.533. The summed E-state index contributed by atoms with van der Waals surface area (Å²) in [6.07, 6.45) is 5.16. The zero-order valence-corrected chi connectivity index (χ0v) is 19.4. The lowest BCUT2D eigenvalue weighted by molar-refractivity contribution is 0.248. The molecule has 2 aromatic rings. The molecule has 0 spiro atoms. The minimum atomic E-state index is -3.63. The van der Waals surface area contributed by atoms with Crippen molar-refractivity contribution in [2.24, 2.45) is 0 Å². The van der Waals surface area contributed by atoms with E-state index in [1.54, 1.807) is 6.07 Å². The zero-order valence-electron chi connectivity index (χ0n) is 16.2. The average Bonchev–Trinajstić information content (AvgIpc) is 2.69. The van der Waals surface area contributed by atoms with Gasteiger partial charge in [0.05, 0.1) is 5.02 Å². The summed E-state index contributed by atoms with van der Waals surface area (Å²) >= 11 is 11.9. The van der Waals surface area contributed by atoms with Gasteiger partial charge in [0.25, 0.3) is 0 Å². The molecule has 1 aliphatic heterocycles. The fourth-order valence-corrected chi connectivity index (χ4v) is 5.36. The van der Waals surface area contributed by atoms with E-state index in [2.05, 4.69) is 33.9 Å². The second kappa shape index (κ2) is 11.5. The van der Waals surface area contributed by atoms with E-state index in [9.17, 15) is 8.42 Å². The van der Waals surface area contributed by atoms with Crippen LogP contribution in [0.3, 0.4) is 0 Å². The Labute approximate surface area is 190 Å². The molecule has 0 saturated carbocycles. The van der Waals surface area contributed by atoms with Crippen LogP contribution in [0.25, 0.3) is 0 Å². The van der Waals surface area contributed by atoms with Crippen LogP contribution in [0.5, 0.6) is 0 Å². The molecule has 0 bridgehead atoms. The molecule has 1 aliphatic rings. The van der Waals surface area contributed by atoms with Gasteiger partial charge in [-0.15, -0.1) is 12.4 Å². The normalized spacial score (nSPS) is 14.3. The number of benzene rings is 2. The van der Waals surface area contributed by atoms with Crippen LogP contribution in [-0.4, -0.2) is 33.0 Å². The first-order valence-corrected chi connectivity index (χ1v) is 11.9. The maximum atomic E-state index is 12.3. The summed E-state index contributed by atoms with van der Waals surface area (Å²) in [6, 6.07) is 13.1. The third-order valence-electron chi connectivity index (χ3n) is 5.09. The van der Waals surface area contributed by atoms with Crippen LogP contribution in [0.4, 0.5) is 0 Å². The van der Waals surface area contributed by atoms with Crippen molar-refractivity contribution in [1.82, 2.24) is 9.62 Å². The molecule has 1 N–H and O–H groups in total. The van der Waals surface area contributed by atoms with Gasteiger partial charge in [0.1, 0.15) is 4.90 Å². The van der Waals surface area contributed by atoms with Gasteiger partial charge in [-0.3, -0.25) is 4.90 Å². The van der Waals surface area contributed by atoms with E-state index in [1.807, 2.05) is 0 Å². The van der Waals surface area contributed by atoms with Crippen LogP contribution in [0.15, 0.2) is 47.4 Å². The third kappa shape index (κ3) is 7.12. The molecule has 0 amide bonds. The van der Waals surface area contributed by atoms with Gasteiger partial charge in [0.15, 0.2) is 0 Å². The lowest BCUT2D eigenvalue weighted by atomic mass is 10.00. The number of hydrogen-bond acceptors (Lipinski definition) is 3. The Kier molecular flexibility index (Phi) is 9.73. The van der Waals surface area contributed by atoms with Gasteiger partial charge in [-0.25, -0.2) is 13.1 Å². The first-order valence-electron chi connectivity index (χ1n) is 9.69. The SMILES string of the molecule is Cl.O=S(=O)(NCCCCCCN1CCc2ccccc2C1)c1cc(Cl)ccc1Cl. The number of sulfonamides is 1. The molecule has 0 aliphatic carbocycles. The number of nitrogens with one attached hydrogen (secondary N) is 1. The molecule has 1 heterocycles. The predicted octanol–water partition coefficient (Wildman–Crippen LogP) is 5.31. The predicted molar refractivity (Wildman–Crippen MR) is 123 cm³/mol. The number of nitrogens with zero attached hydrogens (tertiary/aromatic N) is 1. The van der Waals surface area contributed by atoms with E-state index in [0.29, 0.717) is 11.6 Å². The van der Waals surface area contributed by atoms with Crippen molar-refractivity contribution in [1.29, 1.82) is 0 Å². The molecule has 0 unspecified atom stereocenters. The smallest absolute Gasteiger partial charge is 0.242 e. The minimum Gasteiger partial charge on any atom is -0.299 e. The van der Waals surface area contributed by atoms with E-state index in [4.69, 9.17) is 23.2 Å². The Bertz CT molecular complexity index is 907. The number of fused-ring (bicyclic) bond motifs is 1. The third-order valence-corrected chi connectivity index (χ3v) is 7.26. The first kappa shape index (κ1) is 24.4. The van der Waals surface area contributed by atoms with Crippen LogP contribution >= 0.6 is 35.6 Å². The number of rotatable bonds is 9. The van der Waals surface area contributed by atoms with Gasteiger partial charge >= 0.3 is 0 Å². The largest absolute Gasteiger partial charge is 0.299 e. The second-order valence-electron chi connectivity index (χ2n) is 7.18. The molecule has 0 saturated heterocycles. The van der Waals surface area contributed by atoms with Crippen LogP contribution in [0.1, 0.15) is 36.8 Å². The molecule has 29 heavy (non-hydrogen) atoms. The van der Waals surface area contributed by atoms with Crippen LogP contribution < -0.4 is 4.72 Å². The Morgan fingerprint density at radius 2 is 1.69 bits per heavy atom. The molecule has 4 nitrogen and oxygen atoms in total. The van der Waals surface area contributed by atoms with Gasteiger partial charge in [0, 0.05) is 24.7 Å². The van der Waals surface area contributed by atoms with Crippen LogP contribution in [0.2, 0.25) is 10.0 Å². The summed E-state index contributed by atoms with van der Waals surface area (Å²) in [7, 11) is -3.63. The van der Waals surface area contributed by atoms with Crippen molar-refractivity contribution < 1.29 is 8.42 Å². The first-order chi connectivity index (χ1) is 13.5. The summed E-state index contributed by atoms with van der Waals surface area (Å²) in [5.41, 5.74) is 2.92. The standard InChI is InChI=1S/C21H26Cl2N2O2S.ClH/c22-19-9-10-20(23)21(15-19)28(26,27)24-12-5-1-2-6-13-25-14-11-17-7-3-4-8-18(17)16-25;/h3-4,7-10,15,24H,1-2,5-6,11-14,16H2;1H. The van der Waals surface area contributed by atoms with E-state index in [0.717, 1.165) is 51.7 Å². The maximum Gasteiger partial charge on any atom is 0.242 e. The fraction of sp³-hybridized carbons (Fsp3) is 0.429. The molecular weight excluding hydrogens is 451 g/mol. The van der Waals surface area contributed by atoms with Crippen LogP contribution in [-0.2, 0) is 23.0 Å². The van der Waals surface area contributed by atoms with Gasteiger partial charge in [-0.05, 0) is 55.1 Å². The Morgan fingerprint density at radius 1 is 0.966 bits per heavy atom. The van der Waals surface area contributed by atoms with Gasteiger partial charge in [-0.1, -0.05) is 60.3 Å². The zero-order chi connectivity index (χ0) is 20.0. The topological polar surface area (TPSA) is 49.4 Å². The molecule has 0 fully saturated rings. The average molecular weight is 478 g/mol.